The van der Waals surface area contributed by atoms with Gasteiger partial charge in [-0.3, -0.25) is 10.2 Å². The second-order valence-electron chi connectivity index (χ2n) is 3.76. The number of carbonyl (C=O) groups is 1. The molecule has 1 amide bonds. The second-order valence-corrected chi connectivity index (χ2v) is 4.62. The average Bonchev–Trinajstić information content (AvgIpc) is 2.85. The van der Waals surface area contributed by atoms with Crippen LogP contribution in [0.5, 0.6) is 5.75 Å². The van der Waals surface area contributed by atoms with Gasteiger partial charge < -0.3 is 9.15 Å². The van der Waals surface area contributed by atoms with E-state index in [-0.39, 0.29) is 22.4 Å². The number of carbonyl (C=O) groups excluding carboxylic acids is 1. The third kappa shape index (κ3) is 3.14. The number of rotatable bonds is 4. The lowest BCUT2D eigenvalue weighted by molar-refractivity contribution is 0.0953. The van der Waals surface area contributed by atoms with E-state index in [0.717, 1.165) is 6.07 Å². The molecule has 0 fully saturated rings. The number of hydrazine groups is 1. The Labute approximate surface area is 120 Å². The Bertz CT molecular complexity index is 622. The largest absolute Gasteiger partial charge is 0.481 e. The maximum absolute atomic E-state index is 13.5. The summed E-state index contributed by atoms with van der Waals surface area (Å²) >= 11 is 2.99. The molecule has 1 aromatic heterocycles. The standard InChI is InChI=1S/C12H9BrF2N2O3/c13-9-2-7(14)3-10(15)11(9)20-5-8-1-6(4-19-8)12(18)17-16/h1-4H,5,16H2,(H,17,18). The van der Waals surface area contributed by atoms with Crippen LogP contribution in [0.15, 0.2) is 33.4 Å². The molecule has 5 nitrogen and oxygen atoms in total. The summed E-state index contributed by atoms with van der Waals surface area (Å²) in [5.41, 5.74) is 2.16. The molecule has 2 rings (SSSR count). The minimum atomic E-state index is -0.844. The maximum atomic E-state index is 13.5. The Hall–Kier alpha value is -1.93. The van der Waals surface area contributed by atoms with E-state index < -0.39 is 17.5 Å². The summed E-state index contributed by atoms with van der Waals surface area (Å²) < 4.78 is 36.8. The minimum absolute atomic E-state index is 0.126. The molecular weight excluding hydrogens is 338 g/mol. The molecule has 0 radical (unpaired) electrons. The molecule has 0 saturated heterocycles. The number of furan rings is 1. The first-order chi connectivity index (χ1) is 9.51. The molecule has 0 aliphatic rings. The van der Waals surface area contributed by atoms with Gasteiger partial charge in [-0.1, -0.05) is 0 Å². The lowest BCUT2D eigenvalue weighted by Crippen LogP contribution is -2.29. The summed E-state index contributed by atoms with van der Waals surface area (Å²) in [4.78, 5) is 11.2. The molecule has 2 aromatic rings. The van der Waals surface area contributed by atoms with Gasteiger partial charge in [-0.05, 0) is 28.1 Å². The van der Waals surface area contributed by atoms with Crippen molar-refractivity contribution in [2.24, 2.45) is 5.84 Å². The molecule has 8 heteroatoms. The van der Waals surface area contributed by atoms with Crippen molar-refractivity contribution < 1.29 is 22.7 Å². The summed E-state index contributed by atoms with van der Waals surface area (Å²) in [6.07, 6.45) is 1.19. The highest BCUT2D eigenvalue weighted by Crippen LogP contribution is 2.30. The fourth-order valence-electron chi connectivity index (χ4n) is 1.47. The molecule has 0 unspecified atom stereocenters. The molecule has 0 saturated carbocycles. The van der Waals surface area contributed by atoms with Gasteiger partial charge in [0.15, 0.2) is 11.6 Å². The Morgan fingerprint density at radius 2 is 2.15 bits per heavy atom. The zero-order chi connectivity index (χ0) is 14.7. The van der Waals surface area contributed by atoms with Crippen molar-refractivity contribution in [3.63, 3.8) is 0 Å². The Kier molecular flexibility index (Phi) is 4.35. The van der Waals surface area contributed by atoms with E-state index >= 15 is 0 Å². The molecule has 0 spiro atoms. The van der Waals surface area contributed by atoms with Crippen LogP contribution < -0.4 is 16.0 Å². The Morgan fingerprint density at radius 1 is 1.40 bits per heavy atom. The monoisotopic (exact) mass is 346 g/mol. The van der Waals surface area contributed by atoms with Gasteiger partial charge in [-0.25, -0.2) is 14.6 Å². The number of benzene rings is 1. The molecule has 0 aliphatic heterocycles. The first kappa shape index (κ1) is 14.5. The number of nitrogen functional groups attached to an aromatic ring is 1. The normalized spacial score (nSPS) is 10.4. The zero-order valence-electron chi connectivity index (χ0n) is 9.95. The van der Waals surface area contributed by atoms with Crippen LogP contribution in [0.1, 0.15) is 16.1 Å². The molecule has 1 aromatic carbocycles. The van der Waals surface area contributed by atoms with Crippen LogP contribution in [0, 0.1) is 11.6 Å². The van der Waals surface area contributed by atoms with E-state index in [9.17, 15) is 13.6 Å². The smallest absolute Gasteiger partial charge is 0.268 e. The number of nitrogens with two attached hydrogens (primary N) is 1. The van der Waals surface area contributed by atoms with Crippen molar-refractivity contribution in [1.29, 1.82) is 0 Å². The van der Waals surface area contributed by atoms with Crippen LogP contribution in [0.3, 0.4) is 0 Å². The van der Waals surface area contributed by atoms with Crippen molar-refractivity contribution >= 4 is 21.8 Å². The summed E-state index contributed by atoms with van der Waals surface area (Å²) in [5.74, 6) is 3.03. The second kappa shape index (κ2) is 6.02. The fraction of sp³-hybridized carbons (Fsp3) is 0.0833. The first-order valence-electron chi connectivity index (χ1n) is 5.37. The van der Waals surface area contributed by atoms with Crippen molar-refractivity contribution in [2.75, 3.05) is 0 Å². The van der Waals surface area contributed by atoms with E-state index in [1.165, 1.54) is 12.3 Å². The van der Waals surface area contributed by atoms with E-state index in [1.807, 2.05) is 5.43 Å². The number of ether oxygens (including phenoxy) is 1. The number of hydrogen-bond acceptors (Lipinski definition) is 4. The molecule has 3 N–H and O–H groups in total. The Balaban J connectivity index is 2.09. The van der Waals surface area contributed by atoms with Crippen LogP contribution in [0.2, 0.25) is 0 Å². The van der Waals surface area contributed by atoms with Crippen LogP contribution in [0.25, 0.3) is 0 Å². The Morgan fingerprint density at radius 3 is 2.80 bits per heavy atom. The number of hydrogen-bond donors (Lipinski definition) is 2. The molecule has 0 bridgehead atoms. The van der Waals surface area contributed by atoms with Gasteiger partial charge in [-0.2, -0.15) is 0 Å². The average molecular weight is 347 g/mol. The highest BCUT2D eigenvalue weighted by atomic mass is 79.9. The summed E-state index contributed by atoms with van der Waals surface area (Å²) in [5, 5.41) is 0. The van der Waals surface area contributed by atoms with E-state index in [1.54, 1.807) is 0 Å². The van der Waals surface area contributed by atoms with Gasteiger partial charge in [0, 0.05) is 6.07 Å². The third-order valence-corrected chi connectivity index (χ3v) is 2.96. The van der Waals surface area contributed by atoms with E-state index in [4.69, 9.17) is 15.0 Å². The third-order valence-electron chi connectivity index (χ3n) is 2.37. The number of nitrogens with one attached hydrogen (secondary N) is 1. The summed E-state index contributed by atoms with van der Waals surface area (Å²) in [6.45, 7) is -0.126. The van der Waals surface area contributed by atoms with Crippen molar-refractivity contribution in [2.45, 2.75) is 6.61 Å². The molecular formula is C12H9BrF2N2O3. The van der Waals surface area contributed by atoms with Gasteiger partial charge in [0.2, 0.25) is 0 Å². The van der Waals surface area contributed by atoms with Crippen LogP contribution >= 0.6 is 15.9 Å². The highest BCUT2D eigenvalue weighted by molar-refractivity contribution is 9.10. The van der Waals surface area contributed by atoms with Crippen molar-refractivity contribution in [3.05, 3.63) is 51.9 Å². The van der Waals surface area contributed by atoms with E-state index in [2.05, 4.69) is 15.9 Å². The predicted molar refractivity (Wildman–Crippen MR) is 68.8 cm³/mol. The van der Waals surface area contributed by atoms with Crippen molar-refractivity contribution in [3.8, 4) is 5.75 Å². The quantitative estimate of drug-likeness (QED) is 0.506. The molecule has 1 heterocycles. The summed E-state index contributed by atoms with van der Waals surface area (Å²) in [6, 6.07) is 3.18. The zero-order valence-corrected chi connectivity index (χ0v) is 11.5. The SMILES string of the molecule is NNC(=O)c1coc(COc2c(F)cc(F)cc2Br)c1. The number of halogens is 3. The van der Waals surface area contributed by atoms with Crippen LogP contribution in [0.4, 0.5) is 8.78 Å². The highest BCUT2D eigenvalue weighted by Gasteiger charge is 2.13. The molecule has 20 heavy (non-hydrogen) atoms. The fourth-order valence-corrected chi connectivity index (χ4v) is 1.99. The lowest BCUT2D eigenvalue weighted by Gasteiger charge is -2.07. The van der Waals surface area contributed by atoms with Gasteiger partial charge >= 0.3 is 0 Å². The summed E-state index contributed by atoms with van der Waals surface area (Å²) in [7, 11) is 0. The molecule has 106 valence electrons. The van der Waals surface area contributed by atoms with Gasteiger partial charge in [0.1, 0.15) is 24.4 Å². The maximum Gasteiger partial charge on any atom is 0.268 e. The van der Waals surface area contributed by atoms with Gasteiger partial charge in [-0.15, -0.1) is 0 Å². The topological polar surface area (TPSA) is 77.5 Å². The molecule has 0 atom stereocenters. The van der Waals surface area contributed by atoms with Crippen molar-refractivity contribution in [1.82, 2.24) is 5.43 Å². The predicted octanol–water partition coefficient (Wildman–Crippen LogP) is 2.50. The lowest BCUT2D eigenvalue weighted by atomic mass is 10.3. The molecule has 0 aliphatic carbocycles. The van der Waals surface area contributed by atoms with Gasteiger partial charge in [0.25, 0.3) is 5.91 Å². The van der Waals surface area contributed by atoms with E-state index in [0.29, 0.717) is 11.8 Å². The minimum Gasteiger partial charge on any atom is -0.481 e. The van der Waals surface area contributed by atoms with Crippen LogP contribution in [-0.2, 0) is 6.61 Å². The van der Waals surface area contributed by atoms with Crippen LogP contribution in [-0.4, -0.2) is 5.91 Å². The van der Waals surface area contributed by atoms with Gasteiger partial charge in [0.05, 0.1) is 10.0 Å². The first-order valence-corrected chi connectivity index (χ1v) is 6.16. The number of amides is 1.